The van der Waals surface area contributed by atoms with E-state index in [0.29, 0.717) is 13.1 Å². The Hall–Kier alpha value is -1.49. The van der Waals surface area contributed by atoms with E-state index >= 15 is 0 Å². The number of carbonyl (C=O) groups is 1. The molecule has 0 aliphatic rings. The van der Waals surface area contributed by atoms with Crippen LogP contribution >= 0.6 is 0 Å². The first kappa shape index (κ1) is 13.6. The second-order valence-electron chi connectivity index (χ2n) is 5.03. The smallest absolute Gasteiger partial charge is 0.234 e. The molecule has 5 heteroatoms. The minimum Gasteiger partial charge on any atom is -0.349 e. The van der Waals surface area contributed by atoms with Crippen LogP contribution in [0.3, 0.4) is 0 Å². The van der Waals surface area contributed by atoms with Gasteiger partial charge in [-0.3, -0.25) is 14.8 Å². The van der Waals surface area contributed by atoms with Gasteiger partial charge >= 0.3 is 0 Å². The maximum Gasteiger partial charge on any atom is 0.234 e. The summed E-state index contributed by atoms with van der Waals surface area (Å²) < 4.78 is 0. The van der Waals surface area contributed by atoms with Gasteiger partial charge in [-0.2, -0.15) is 0 Å². The van der Waals surface area contributed by atoms with Gasteiger partial charge in [0.25, 0.3) is 0 Å². The summed E-state index contributed by atoms with van der Waals surface area (Å²) in [6, 6.07) is 0. The first-order valence-electron chi connectivity index (χ1n) is 5.66. The van der Waals surface area contributed by atoms with Crippen LogP contribution < -0.4 is 10.6 Å². The molecule has 0 atom stereocenters. The van der Waals surface area contributed by atoms with Gasteiger partial charge in [0.1, 0.15) is 0 Å². The fraction of sp³-hybridized carbons (Fsp3) is 0.583. The molecule has 0 fully saturated rings. The van der Waals surface area contributed by atoms with E-state index in [2.05, 4.69) is 20.6 Å². The van der Waals surface area contributed by atoms with Gasteiger partial charge in [-0.15, -0.1) is 0 Å². The Balaban J connectivity index is 2.31. The molecule has 94 valence electrons. The number of aromatic nitrogens is 2. The number of hydrogen-bond acceptors (Lipinski definition) is 4. The van der Waals surface area contributed by atoms with E-state index in [1.807, 2.05) is 27.7 Å². The predicted molar refractivity (Wildman–Crippen MR) is 66.4 cm³/mol. The maximum atomic E-state index is 11.5. The lowest BCUT2D eigenvalue weighted by Gasteiger charge is -2.19. The topological polar surface area (TPSA) is 66.9 Å². The first-order chi connectivity index (χ1) is 7.87. The molecule has 0 unspecified atom stereocenters. The summed E-state index contributed by atoms with van der Waals surface area (Å²) in [4.78, 5) is 19.8. The molecule has 0 aliphatic carbocycles. The normalized spacial score (nSPS) is 11.3. The molecule has 1 amide bonds. The molecule has 0 spiro atoms. The molecule has 0 bridgehead atoms. The quantitative estimate of drug-likeness (QED) is 0.811. The van der Waals surface area contributed by atoms with Gasteiger partial charge < -0.3 is 10.6 Å². The molecule has 17 heavy (non-hydrogen) atoms. The summed E-state index contributed by atoms with van der Waals surface area (Å²) in [5.74, 6) is -0.0395. The van der Waals surface area contributed by atoms with Gasteiger partial charge in [-0.1, -0.05) is 0 Å². The average Bonchev–Trinajstić information content (AvgIpc) is 2.25. The van der Waals surface area contributed by atoms with Crippen molar-refractivity contribution in [1.29, 1.82) is 0 Å². The Morgan fingerprint density at radius 1 is 1.29 bits per heavy atom. The summed E-state index contributed by atoms with van der Waals surface area (Å²) in [5, 5.41) is 5.91. The number of nitrogens with one attached hydrogen (secondary N) is 2. The Morgan fingerprint density at radius 3 is 2.53 bits per heavy atom. The molecule has 1 heterocycles. The van der Waals surface area contributed by atoms with E-state index in [0.717, 1.165) is 11.4 Å². The average molecular weight is 236 g/mol. The lowest BCUT2D eigenvalue weighted by Crippen LogP contribution is -2.43. The second-order valence-corrected chi connectivity index (χ2v) is 5.03. The van der Waals surface area contributed by atoms with Crippen molar-refractivity contribution in [3.8, 4) is 0 Å². The zero-order chi connectivity index (χ0) is 12.9. The molecule has 1 rings (SSSR count). The van der Waals surface area contributed by atoms with Gasteiger partial charge in [0, 0.05) is 11.7 Å². The number of hydrogen-bond donors (Lipinski definition) is 2. The van der Waals surface area contributed by atoms with Crippen molar-refractivity contribution in [2.45, 2.75) is 39.8 Å². The third kappa shape index (κ3) is 5.97. The Labute approximate surface area is 102 Å². The van der Waals surface area contributed by atoms with E-state index in [-0.39, 0.29) is 11.4 Å². The van der Waals surface area contributed by atoms with Crippen molar-refractivity contribution in [2.75, 3.05) is 6.54 Å². The molecule has 0 aromatic carbocycles. The fourth-order valence-electron chi connectivity index (χ4n) is 1.11. The Bertz CT molecular complexity index is 367. The number of aryl methyl sites for hydroxylation is 1. The molecule has 0 radical (unpaired) electrons. The van der Waals surface area contributed by atoms with Crippen molar-refractivity contribution in [3.05, 3.63) is 23.8 Å². The number of nitrogens with zero attached hydrogens (tertiary/aromatic N) is 2. The van der Waals surface area contributed by atoms with Gasteiger partial charge in [-0.05, 0) is 27.7 Å². The lowest BCUT2D eigenvalue weighted by atomic mass is 10.1. The Kier molecular flexibility index (Phi) is 4.57. The second kappa shape index (κ2) is 5.72. The summed E-state index contributed by atoms with van der Waals surface area (Å²) in [5.41, 5.74) is 1.58. The van der Waals surface area contributed by atoms with E-state index in [9.17, 15) is 4.79 Å². The van der Waals surface area contributed by atoms with Crippen LogP contribution in [0.5, 0.6) is 0 Å². The third-order valence-electron chi connectivity index (χ3n) is 2.08. The molecular formula is C12H20N4O. The van der Waals surface area contributed by atoms with Gasteiger partial charge in [0.2, 0.25) is 5.91 Å². The van der Waals surface area contributed by atoms with Crippen LogP contribution in [-0.4, -0.2) is 28.0 Å². The van der Waals surface area contributed by atoms with Crippen molar-refractivity contribution in [2.24, 2.45) is 0 Å². The van der Waals surface area contributed by atoms with Crippen LogP contribution in [0.4, 0.5) is 0 Å². The Morgan fingerprint density at radius 2 is 2.00 bits per heavy atom. The van der Waals surface area contributed by atoms with Crippen LogP contribution in [0.2, 0.25) is 0 Å². The largest absolute Gasteiger partial charge is 0.349 e. The summed E-state index contributed by atoms with van der Waals surface area (Å²) in [7, 11) is 0. The zero-order valence-corrected chi connectivity index (χ0v) is 10.9. The SMILES string of the molecule is Cc1cnc(CNC(=O)CNC(C)(C)C)cn1. The lowest BCUT2D eigenvalue weighted by molar-refractivity contribution is -0.120. The molecule has 0 saturated heterocycles. The summed E-state index contributed by atoms with van der Waals surface area (Å²) >= 11 is 0. The zero-order valence-electron chi connectivity index (χ0n) is 10.9. The highest BCUT2D eigenvalue weighted by Crippen LogP contribution is 1.97. The maximum absolute atomic E-state index is 11.5. The number of rotatable bonds is 4. The molecule has 1 aromatic rings. The highest BCUT2D eigenvalue weighted by Gasteiger charge is 2.10. The van der Waals surface area contributed by atoms with Crippen LogP contribution in [-0.2, 0) is 11.3 Å². The van der Waals surface area contributed by atoms with Crippen LogP contribution in [0.15, 0.2) is 12.4 Å². The standard InChI is InChI=1S/C12H20N4O/c1-9-5-14-10(6-13-9)7-15-11(17)8-16-12(2,3)4/h5-6,16H,7-8H2,1-4H3,(H,15,17). The van der Waals surface area contributed by atoms with Gasteiger partial charge in [0.15, 0.2) is 0 Å². The highest BCUT2D eigenvalue weighted by atomic mass is 16.1. The fourth-order valence-corrected chi connectivity index (χ4v) is 1.11. The third-order valence-corrected chi connectivity index (χ3v) is 2.08. The van der Waals surface area contributed by atoms with Crippen LogP contribution in [0, 0.1) is 6.92 Å². The minimum absolute atomic E-state index is 0.0395. The van der Waals surface area contributed by atoms with Crippen molar-refractivity contribution in [1.82, 2.24) is 20.6 Å². The summed E-state index contributed by atoms with van der Waals surface area (Å²) in [6.07, 6.45) is 3.36. The van der Waals surface area contributed by atoms with Crippen molar-refractivity contribution >= 4 is 5.91 Å². The predicted octanol–water partition coefficient (Wildman–Crippen LogP) is 0.789. The number of carbonyl (C=O) groups excluding carboxylic acids is 1. The number of amides is 1. The molecule has 0 aliphatic heterocycles. The van der Waals surface area contributed by atoms with Gasteiger partial charge in [-0.25, -0.2) is 0 Å². The van der Waals surface area contributed by atoms with E-state index in [4.69, 9.17) is 0 Å². The minimum atomic E-state index is -0.0546. The summed E-state index contributed by atoms with van der Waals surface area (Å²) in [6.45, 7) is 8.66. The molecule has 0 saturated carbocycles. The van der Waals surface area contributed by atoms with Crippen LogP contribution in [0.25, 0.3) is 0 Å². The first-order valence-corrected chi connectivity index (χ1v) is 5.66. The molecule has 1 aromatic heterocycles. The van der Waals surface area contributed by atoms with E-state index in [1.54, 1.807) is 12.4 Å². The highest BCUT2D eigenvalue weighted by molar-refractivity contribution is 5.77. The molecule has 2 N–H and O–H groups in total. The van der Waals surface area contributed by atoms with Crippen molar-refractivity contribution < 1.29 is 4.79 Å². The van der Waals surface area contributed by atoms with Crippen molar-refractivity contribution in [3.63, 3.8) is 0 Å². The van der Waals surface area contributed by atoms with Gasteiger partial charge in [0.05, 0.1) is 30.7 Å². The van der Waals surface area contributed by atoms with E-state index in [1.165, 1.54) is 0 Å². The monoisotopic (exact) mass is 236 g/mol. The molecule has 5 nitrogen and oxygen atoms in total. The van der Waals surface area contributed by atoms with E-state index < -0.39 is 0 Å². The van der Waals surface area contributed by atoms with Crippen LogP contribution in [0.1, 0.15) is 32.2 Å². The molecular weight excluding hydrogens is 216 g/mol.